The van der Waals surface area contributed by atoms with Gasteiger partial charge in [0.2, 0.25) is 0 Å². The molecule has 4 heterocycles. The summed E-state index contributed by atoms with van der Waals surface area (Å²) in [6.07, 6.45) is -0.916. The van der Waals surface area contributed by atoms with Crippen LogP contribution in [0.2, 0.25) is 0 Å². The molecule has 2 aromatic heterocycles. The summed E-state index contributed by atoms with van der Waals surface area (Å²) in [5.41, 5.74) is 4.59. The largest absolute Gasteiger partial charge is 0.508 e. The summed E-state index contributed by atoms with van der Waals surface area (Å²) >= 11 is 0. The Balaban J connectivity index is 0.00000119. The van der Waals surface area contributed by atoms with Crippen LogP contribution in [0.1, 0.15) is 42.2 Å². The Morgan fingerprint density at radius 2 is 2.00 bits per heavy atom. The SMILES string of the molecule is CC.COC1C(=O)OCc2c1cc1n(c2=O)Cc2cc3c(CN(C)C)c(O)ccc3nc2-1. The number of carbonyl (C=O) groups is 1. The number of ether oxygens (including phenoxy) is 2. The fourth-order valence-corrected chi connectivity index (χ4v) is 4.34. The maximum atomic E-state index is 13.1. The maximum absolute atomic E-state index is 13.1. The van der Waals surface area contributed by atoms with E-state index in [1.165, 1.54) is 7.11 Å². The zero-order valence-corrected chi connectivity index (χ0v) is 18.9. The van der Waals surface area contributed by atoms with Gasteiger partial charge in [-0.2, -0.15) is 0 Å². The first kappa shape index (κ1) is 22.0. The fraction of sp³-hybridized carbons (Fsp3) is 0.375. The number of aromatic nitrogens is 2. The highest BCUT2D eigenvalue weighted by Crippen LogP contribution is 2.37. The monoisotopic (exact) mass is 437 g/mol. The molecule has 0 spiro atoms. The number of phenols is 1. The molecule has 1 atom stereocenters. The number of nitrogens with zero attached hydrogens (tertiary/aromatic N) is 3. The smallest absolute Gasteiger partial charge is 0.340 e. The molecule has 2 aliphatic heterocycles. The van der Waals surface area contributed by atoms with Gasteiger partial charge in [0, 0.05) is 35.7 Å². The molecular weight excluding hydrogens is 410 g/mol. The maximum Gasteiger partial charge on any atom is 0.340 e. The number of pyridine rings is 2. The van der Waals surface area contributed by atoms with Gasteiger partial charge in [-0.1, -0.05) is 13.8 Å². The summed E-state index contributed by atoms with van der Waals surface area (Å²) in [5.74, 6) is -0.275. The zero-order chi connectivity index (χ0) is 23.2. The molecule has 0 amide bonds. The van der Waals surface area contributed by atoms with E-state index in [0.29, 0.717) is 35.6 Å². The van der Waals surface area contributed by atoms with Crippen LogP contribution in [-0.4, -0.2) is 46.7 Å². The Morgan fingerprint density at radius 3 is 2.69 bits per heavy atom. The van der Waals surface area contributed by atoms with Crippen molar-refractivity contribution in [1.82, 2.24) is 14.5 Å². The van der Waals surface area contributed by atoms with Gasteiger partial charge in [0.25, 0.3) is 5.56 Å². The average Bonchev–Trinajstić information content (AvgIpc) is 3.14. The fourth-order valence-electron chi connectivity index (χ4n) is 4.34. The van der Waals surface area contributed by atoms with Gasteiger partial charge in [-0.25, -0.2) is 9.78 Å². The van der Waals surface area contributed by atoms with Gasteiger partial charge in [0.05, 0.1) is 29.0 Å². The first-order valence-corrected chi connectivity index (χ1v) is 10.6. The zero-order valence-electron chi connectivity index (χ0n) is 18.9. The predicted octanol–water partition coefficient (Wildman–Crippen LogP) is 2.96. The van der Waals surface area contributed by atoms with Crippen molar-refractivity contribution in [1.29, 1.82) is 0 Å². The number of hydrogen-bond acceptors (Lipinski definition) is 7. The molecule has 8 heteroatoms. The second-order valence-electron chi connectivity index (χ2n) is 7.94. The van der Waals surface area contributed by atoms with Crippen LogP contribution >= 0.6 is 0 Å². The third-order valence-corrected chi connectivity index (χ3v) is 5.74. The minimum absolute atomic E-state index is 0.0558. The molecule has 3 aromatic rings. The van der Waals surface area contributed by atoms with E-state index in [-0.39, 0.29) is 17.9 Å². The van der Waals surface area contributed by atoms with Crippen LogP contribution in [0.5, 0.6) is 5.75 Å². The lowest BCUT2D eigenvalue weighted by molar-refractivity contribution is -0.159. The van der Waals surface area contributed by atoms with Gasteiger partial charge in [-0.3, -0.25) is 4.79 Å². The Labute approximate surface area is 186 Å². The molecule has 32 heavy (non-hydrogen) atoms. The van der Waals surface area contributed by atoms with Crippen molar-refractivity contribution in [3.8, 4) is 17.1 Å². The van der Waals surface area contributed by atoms with Crippen molar-refractivity contribution < 1.29 is 19.4 Å². The lowest BCUT2D eigenvalue weighted by atomic mass is 9.99. The number of fused-ring (bicyclic) bond motifs is 5. The summed E-state index contributed by atoms with van der Waals surface area (Å²) in [4.78, 5) is 32.0. The van der Waals surface area contributed by atoms with E-state index in [9.17, 15) is 14.7 Å². The summed E-state index contributed by atoms with van der Waals surface area (Å²) in [6, 6.07) is 7.24. The molecule has 0 aliphatic carbocycles. The Bertz CT molecular complexity index is 1280. The van der Waals surface area contributed by atoms with Crippen LogP contribution < -0.4 is 5.56 Å². The molecule has 0 fully saturated rings. The Kier molecular flexibility index (Phi) is 5.75. The minimum atomic E-state index is -0.916. The molecule has 1 unspecified atom stereocenters. The third-order valence-electron chi connectivity index (χ3n) is 5.74. The van der Waals surface area contributed by atoms with Crippen LogP contribution in [0.15, 0.2) is 29.1 Å². The average molecular weight is 437 g/mol. The van der Waals surface area contributed by atoms with Crippen molar-refractivity contribution in [2.24, 2.45) is 0 Å². The van der Waals surface area contributed by atoms with Gasteiger partial charge >= 0.3 is 5.97 Å². The van der Waals surface area contributed by atoms with Gasteiger partial charge in [0.15, 0.2) is 6.10 Å². The van der Waals surface area contributed by atoms with E-state index < -0.39 is 12.1 Å². The van der Waals surface area contributed by atoms with E-state index in [0.717, 1.165) is 22.0 Å². The number of phenolic OH excluding ortho intramolecular Hbond substituents is 1. The van der Waals surface area contributed by atoms with E-state index >= 15 is 0 Å². The second-order valence-corrected chi connectivity index (χ2v) is 7.94. The van der Waals surface area contributed by atoms with Gasteiger partial charge < -0.3 is 24.0 Å². The molecule has 5 rings (SSSR count). The topological polar surface area (TPSA) is 93.9 Å². The summed E-state index contributed by atoms with van der Waals surface area (Å²) in [5, 5.41) is 11.2. The van der Waals surface area contributed by atoms with E-state index in [4.69, 9.17) is 14.5 Å². The molecule has 168 valence electrons. The number of methoxy groups -OCH3 is 1. The van der Waals surface area contributed by atoms with E-state index in [1.54, 1.807) is 16.7 Å². The highest BCUT2D eigenvalue weighted by atomic mass is 16.6. The number of carbonyl (C=O) groups excluding carboxylic acids is 1. The lowest BCUT2D eigenvalue weighted by Crippen LogP contribution is -2.33. The molecule has 0 saturated carbocycles. The molecule has 1 N–H and O–H groups in total. The van der Waals surface area contributed by atoms with Crippen LogP contribution in [0.25, 0.3) is 22.3 Å². The lowest BCUT2D eigenvalue weighted by Gasteiger charge is -2.24. The third kappa shape index (κ3) is 3.36. The summed E-state index contributed by atoms with van der Waals surface area (Å²) in [7, 11) is 5.30. The van der Waals surface area contributed by atoms with Crippen LogP contribution in [0.3, 0.4) is 0 Å². The van der Waals surface area contributed by atoms with Crippen LogP contribution in [0.4, 0.5) is 0 Å². The van der Waals surface area contributed by atoms with Crippen molar-refractivity contribution in [3.05, 3.63) is 56.9 Å². The van der Waals surface area contributed by atoms with Crippen molar-refractivity contribution in [2.75, 3.05) is 21.2 Å². The normalized spacial score (nSPS) is 16.2. The second kappa shape index (κ2) is 8.37. The van der Waals surface area contributed by atoms with Crippen molar-refractivity contribution >= 4 is 16.9 Å². The van der Waals surface area contributed by atoms with Gasteiger partial charge in [0.1, 0.15) is 12.4 Å². The Morgan fingerprint density at radius 1 is 1.25 bits per heavy atom. The predicted molar refractivity (Wildman–Crippen MR) is 120 cm³/mol. The van der Waals surface area contributed by atoms with Crippen LogP contribution in [0, 0.1) is 0 Å². The molecular formula is C24H27N3O5. The summed E-state index contributed by atoms with van der Waals surface area (Å²) < 4.78 is 12.1. The molecule has 2 aliphatic rings. The first-order chi connectivity index (χ1) is 15.4. The number of benzene rings is 1. The standard InChI is InChI=1S/C22H21N3O5.C2H6/c1-24(2)9-14-12-6-11-8-25-17(19(11)23-16(12)4-5-18(14)26)7-13-15(21(25)27)10-30-22(28)20(13)29-3;1-2/h4-7,20,26H,8-10H2,1-3H3;1-2H3. The number of esters is 1. The van der Waals surface area contributed by atoms with E-state index in [1.807, 2.05) is 45.0 Å². The first-order valence-electron chi connectivity index (χ1n) is 10.6. The number of aromatic hydroxyl groups is 1. The number of cyclic esters (lactones) is 1. The highest BCUT2D eigenvalue weighted by Gasteiger charge is 2.35. The van der Waals surface area contributed by atoms with E-state index in [2.05, 4.69) is 0 Å². The Hall–Kier alpha value is -3.23. The molecule has 8 nitrogen and oxygen atoms in total. The molecule has 0 radical (unpaired) electrons. The van der Waals surface area contributed by atoms with Crippen molar-refractivity contribution in [2.45, 2.75) is 39.6 Å². The van der Waals surface area contributed by atoms with Gasteiger partial charge in [-0.15, -0.1) is 0 Å². The number of rotatable bonds is 3. The summed E-state index contributed by atoms with van der Waals surface area (Å²) in [6.45, 7) is 4.89. The molecule has 0 bridgehead atoms. The van der Waals surface area contributed by atoms with Crippen LogP contribution in [-0.2, 0) is 34.0 Å². The molecule has 0 saturated heterocycles. The minimum Gasteiger partial charge on any atom is -0.508 e. The van der Waals surface area contributed by atoms with Crippen molar-refractivity contribution in [3.63, 3.8) is 0 Å². The quantitative estimate of drug-likeness (QED) is 0.493. The number of hydrogen-bond donors (Lipinski definition) is 1. The van der Waals surface area contributed by atoms with Gasteiger partial charge in [-0.05, 0) is 38.4 Å². The molecule has 1 aromatic carbocycles. The highest BCUT2D eigenvalue weighted by molar-refractivity contribution is 5.88.